The lowest BCUT2D eigenvalue weighted by Gasteiger charge is -2.36. The van der Waals surface area contributed by atoms with Crippen LogP contribution in [0.25, 0.3) is 0 Å². The van der Waals surface area contributed by atoms with E-state index in [0.29, 0.717) is 18.7 Å². The van der Waals surface area contributed by atoms with E-state index in [1.165, 1.54) is 0 Å². The minimum Gasteiger partial charge on any atom is -0.380 e. The predicted molar refractivity (Wildman–Crippen MR) is 53.0 cm³/mol. The molecule has 2 aliphatic rings. The van der Waals surface area contributed by atoms with Crippen LogP contribution in [0.2, 0.25) is 0 Å². The molecule has 0 saturated carbocycles. The highest BCUT2D eigenvalue weighted by molar-refractivity contribution is 5.79. The Morgan fingerprint density at radius 3 is 2.93 bits per heavy atom. The molecule has 2 atom stereocenters. The molecule has 2 saturated heterocycles. The van der Waals surface area contributed by atoms with Crippen LogP contribution in [0.5, 0.6) is 0 Å². The first-order chi connectivity index (χ1) is 6.74. The van der Waals surface area contributed by atoms with Crippen LogP contribution in [0.1, 0.15) is 13.3 Å². The third-order valence-corrected chi connectivity index (χ3v) is 3.33. The number of methoxy groups -OCH3 is 1. The second-order valence-electron chi connectivity index (χ2n) is 4.11. The van der Waals surface area contributed by atoms with Gasteiger partial charge < -0.3 is 9.64 Å². The maximum absolute atomic E-state index is 11.6. The summed E-state index contributed by atoms with van der Waals surface area (Å²) in [7, 11) is 1.75. The largest absolute Gasteiger partial charge is 0.380 e. The molecule has 0 aromatic rings. The number of ether oxygens (including phenoxy) is 1. The molecular weight excluding hydrogens is 180 g/mol. The normalized spacial score (nSPS) is 33.6. The van der Waals surface area contributed by atoms with Crippen LogP contribution in [-0.4, -0.2) is 61.1 Å². The maximum atomic E-state index is 11.6. The summed E-state index contributed by atoms with van der Waals surface area (Å²) in [4.78, 5) is 15.8. The van der Waals surface area contributed by atoms with E-state index in [1.807, 2.05) is 11.8 Å². The van der Waals surface area contributed by atoms with E-state index in [1.54, 1.807) is 7.11 Å². The zero-order chi connectivity index (χ0) is 10.1. The molecule has 2 fully saturated rings. The monoisotopic (exact) mass is 198 g/mol. The number of piperazine rings is 1. The van der Waals surface area contributed by atoms with Crippen molar-refractivity contribution in [1.29, 1.82) is 0 Å². The van der Waals surface area contributed by atoms with Crippen molar-refractivity contribution in [3.8, 4) is 0 Å². The van der Waals surface area contributed by atoms with Crippen LogP contribution in [0.4, 0.5) is 0 Å². The van der Waals surface area contributed by atoms with Crippen LogP contribution in [0.3, 0.4) is 0 Å². The van der Waals surface area contributed by atoms with Crippen molar-refractivity contribution in [2.75, 3.05) is 33.3 Å². The Morgan fingerprint density at radius 1 is 1.50 bits per heavy atom. The van der Waals surface area contributed by atoms with E-state index in [9.17, 15) is 4.79 Å². The maximum Gasteiger partial charge on any atom is 0.236 e. The lowest BCUT2D eigenvalue weighted by Crippen LogP contribution is -2.53. The van der Waals surface area contributed by atoms with Crippen molar-refractivity contribution >= 4 is 5.91 Å². The van der Waals surface area contributed by atoms with Crippen molar-refractivity contribution in [2.24, 2.45) is 0 Å². The summed E-state index contributed by atoms with van der Waals surface area (Å²) in [5.41, 5.74) is 0. The van der Waals surface area contributed by atoms with Gasteiger partial charge in [0.05, 0.1) is 12.6 Å². The lowest BCUT2D eigenvalue weighted by molar-refractivity contribution is -0.137. The molecule has 1 amide bonds. The fraction of sp³-hybridized carbons (Fsp3) is 0.900. The highest BCUT2D eigenvalue weighted by Crippen LogP contribution is 2.23. The van der Waals surface area contributed by atoms with E-state index in [2.05, 4.69) is 4.90 Å². The summed E-state index contributed by atoms with van der Waals surface area (Å²) in [6.45, 7) is 5.26. The fourth-order valence-electron chi connectivity index (χ4n) is 2.43. The lowest BCUT2D eigenvalue weighted by atomic mass is 10.1. The summed E-state index contributed by atoms with van der Waals surface area (Å²) < 4.78 is 5.34. The summed E-state index contributed by atoms with van der Waals surface area (Å²) in [6, 6.07) is 0.526. The molecule has 0 aromatic carbocycles. The molecule has 0 spiro atoms. The number of hydrogen-bond acceptors (Lipinski definition) is 3. The zero-order valence-electron chi connectivity index (χ0n) is 8.90. The van der Waals surface area contributed by atoms with Gasteiger partial charge in [-0.25, -0.2) is 0 Å². The molecule has 2 heterocycles. The standard InChI is InChI=1S/C10H18N2O2/c1-3-11-5-8-4-9(14-2)6-12(8)7-10(11)13/h8-9H,3-7H2,1-2H3. The summed E-state index contributed by atoms with van der Waals surface area (Å²) in [6.07, 6.45) is 1.39. The van der Waals surface area contributed by atoms with Gasteiger partial charge in [0.25, 0.3) is 0 Å². The van der Waals surface area contributed by atoms with Crippen LogP contribution >= 0.6 is 0 Å². The number of rotatable bonds is 2. The minimum atomic E-state index is 0.264. The number of hydrogen-bond donors (Lipinski definition) is 0. The average molecular weight is 198 g/mol. The quantitative estimate of drug-likeness (QED) is 0.623. The molecule has 0 aromatic heterocycles. The second kappa shape index (κ2) is 3.87. The van der Waals surface area contributed by atoms with Gasteiger partial charge in [-0.15, -0.1) is 0 Å². The average Bonchev–Trinajstić information content (AvgIpc) is 2.58. The van der Waals surface area contributed by atoms with E-state index < -0.39 is 0 Å². The Balaban J connectivity index is 2.00. The van der Waals surface area contributed by atoms with Gasteiger partial charge >= 0.3 is 0 Å². The van der Waals surface area contributed by atoms with Crippen LogP contribution in [-0.2, 0) is 9.53 Å². The molecule has 4 heteroatoms. The topological polar surface area (TPSA) is 32.8 Å². The number of carbonyl (C=O) groups excluding carboxylic acids is 1. The van der Waals surface area contributed by atoms with Gasteiger partial charge in [0.2, 0.25) is 5.91 Å². The molecule has 0 N–H and O–H groups in total. The Morgan fingerprint density at radius 2 is 2.29 bits per heavy atom. The minimum absolute atomic E-state index is 0.264. The van der Waals surface area contributed by atoms with Crippen LogP contribution in [0.15, 0.2) is 0 Å². The Kier molecular flexibility index (Phi) is 2.74. The van der Waals surface area contributed by atoms with E-state index in [0.717, 1.165) is 26.1 Å². The third-order valence-electron chi connectivity index (χ3n) is 3.33. The van der Waals surface area contributed by atoms with E-state index >= 15 is 0 Å². The van der Waals surface area contributed by atoms with Crippen molar-refractivity contribution in [3.05, 3.63) is 0 Å². The molecule has 14 heavy (non-hydrogen) atoms. The zero-order valence-corrected chi connectivity index (χ0v) is 8.90. The number of amides is 1. The highest BCUT2D eigenvalue weighted by Gasteiger charge is 2.38. The summed E-state index contributed by atoms with van der Waals surface area (Å²) in [5, 5.41) is 0. The number of nitrogens with zero attached hydrogens (tertiary/aromatic N) is 2. The molecular formula is C10H18N2O2. The van der Waals surface area contributed by atoms with E-state index in [-0.39, 0.29) is 5.91 Å². The van der Waals surface area contributed by atoms with Crippen molar-refractivity contribution < 1.29 is 9.53 Å². The van der Waals surface area contributed by atoms with Crippen LogP contribution < -0.4 is 0 Å². The van der Waals surface area contributed by atoms with Crippen LogP contribution in [0, 0.1) is 0 Å². The van der Waals surface area contributed by atoms with E-state index in [4.69, 9.17) is 4.74 Å². The Hall–Kier alpha value is -0.610. The van der Waals surface area contributed by atoms with Gasteiger partial charge in [0, 0.05) is 32.8 Å². The molecule has 0 aliphatic carbocycles. The van der Waals surface area contributed by atoms with Gasteiger partial charge in [0.1, 0.15) is 0 Å². The van der Waals surface area contributed by atoms with Gasteiger partial charge in [-0.05, 0) is 13.3 Å². The number of likely N-dealkylation sites (N-methyl/N-ethyl adjacent to an activating group) is 1. The SMILES string of the molecule is CCN1CC2CC(OC)CN2CC1=O. The van der Waals surface area contributed by atoms with Gasteiger partial charge in [0.15, 0.2) is 0 Å². The highest BCUT2D eigenvalue weighted by atomic mass is 16.5. The van der Waals surface area contributed by atoms with Gasteiger partial charge in [-0.2, -0.15) is 0 Å². The predicted octanol–water partition coefficient (Wildman–Crippen LogP) is -0.0622. The van der Waals surface area contributed by atoms with Crippen molar-refractivity contribution in [1.82, 2.24) is 9.80 Å². The number of fused-ring (bicyclic) bond motifs is 1. The van der Waals surface area contributed by atoms with Crippen molar-refractivity contribution in [2.45, 2.75) is 25.5 Å². The van der Waals surface area contributed by atoms with Gasteiger partial charge in [-0.3, -0.25) is 9.69 Å². The smallest absolute Gasteiger partial charge is 0.236 e. The summed E-state index contributed by atoms with van der Waals surface area (Å²) >= 11 is 0. The Labute approximate surface area is 84.8 Å². The Bertz CT molecular complexity index is 232. The van der Waals surface area contributed by atoms with Gasteiger partial charge in [-0.1, -0.05) is 0 Å². The molecule has 4 nitrogen and oxygen atoms in total. The third kappa shape index (κ3) is 1.64. The summed E-state index contributed by atoms with van der Waals surface area (Å²) in [5.74, 6) is 0.264. The molecule has 2 rings (SSSR count). The first-order valence-corrected chi connectivity index (χ1v) is 5.29. The first kappa shape index (κ1) is 9.93. The second-order valence-corrected chi connectivity index (χ2v) is 4.11. The number of carbonyl (C=O) groups is 1. The fourth-order valence-corrected chi connectivity index (χ4v) is 2.43. The first-order valence-electron chi connectivity index (χ1n) is 5.29. The molecule has 2 unspecified atom stereocenters. The molecule has 0 bridgehead atoms. The molecule has 80 valence electrons. The molecule has 2 aliphatic heterocycles. The van der Waals surface area contributed by atoms with Crippen molar-refractivity contribution in [3.63, 3.8) is 0 Å². The molecule has 0 radical (unpaired) electrons.